The SMILES string of the molecule is CCC(CC)(CO)NCc1cccnc1C. The number of aliphatic hydroxyl groups excluding tert-OH is 1. The van der Waals surface area contributed by atoms with Crippen molar-refractivity contribution in [3.05, 3.63) is 29.6 Å². The van der Waals surface area contributed by atoms with Crippen molar-refractivity contribution in [3.63, 3.8) is 0 Å². The summed E-state index contributed by atoms with van der Waals surface area (Å²) in [4.78, 5) is 4.25. The number of aryl methyl sites for hydroxylation is 1. The molecule has 3 nitrogen and oxygen atoms in total. The average molecular weight is 222 g/mol. The Morgan fingerprint density at radius 2 is 2.06 bits per heavy atom. The van der Waals surface area contributed by atoms with Gasteiger partial charge in [0.25, 0.3) is 0 Å². The fourth-order valence-electron chi connectivity index (χ4n) is 1.77. The van der Waals surface area contributed by atoms with Crippen molar-refractivity contribution in [2.24, 2.45) is 0 Å². The summed E-state index contributed by atoms with van der Waals surface area (Å²) in [6.45, 7) is 7.16. The largest absolute Gasteiger partial charge is 0.394 e. The summed E-state index contributed by atoms with van der Waals surface area (Å²) in [5.74, 6) is 0. The molecule has 0 radical (unpaired) electrons. The Morgan fingerprint density at radius 1 is 1.38 bits per heavy atom. The molecule has 2 N–H and O–H groups in total. The lowest BCUT2D eigenvalue weighted by atomic mass is 9.93. The molecular formula is C13H22N2O. The second-order valence-corrected chi connectivity index (χ2v) is 4.25. The van der Waals surface area contributed by atoms with E-state index in [1.165, 1.54) is 5.56 Å². The summed E-state index contributed by atoms with van der Waals surface area (Å²) >= 11 is 0. The zero-order chi connectivity index (χ0) is 12.0. The lowest BCUT2D eigenvalue weighted by Gasteiger charge is -2.31. The minimum absolute atomic E-state index is 0.151. The predicted octanol–water partition coefficient (Wildman–Crippen LogP) is 2.03. The van der Waals surface area contributed by atoms with Gasteiger partial charge in [-0.25, -0.2) is 0 Å². The second kappa shape index (κ2) is 5.97. The van der Waals surface area contributed by atoms with Crippen LogP contribution in [0.5, 0.6) is 0 Å². The second-order valence-electron chi connectivity index (χ2n) is 4.25. The third kappa shape index (κ3) is 3.03. The minimum atomic E-state index is -0.151. The number of nitrogens with one attached hydrogen (secondary N) is 1. The molecule has 0 spiro atoms. The number of nitrogens with zero attached hydrogens (tertiary/aromatic N) is 1. The molecule has 0 bridgehead atoms. The van der Waals surface area contributed by atoms with Crippen molar-refractivity contribution < 1.29 is 5.11 Å². The highest BCUT2D eigenvalue weighted by atomic mass is 16.3. The Hall–Kier alpha value is -0.930. The molecule has 0 aliphatic rings. The number of aromatic nitrogens is 1. The van der Waals surface area contributed by atoms with Gasteiger partial charge in [-0.3, -0.25) is 4.98 Å². The van der Waals surface area contributed by atoms with Crippen molar-refractivity contribution in [2.75, 3.05) is 6.61 Å². The van der Waals surface area contributed by atoms with Gasteiger partial charge < -0.3 is 10.4 Å². The van der Waals surface area contributed by atoms with E-state index in [9.17, 15) is 5.11 Å². The van der Waals surface area contributed by atoms with E-state index < -0.39 is 0 Å². The van der Waals surface area contributed by atoms with Crippen molar-refractivity contribution >= 4 is 0 Å². The van der Waals surface area contributed by atoms with Gasteiger partial charge in [-0.05, 0) is 31.4 Å². The third-order valence-electron chi connectivity index (χ3n) is 3.43. The van der Waals surface area contributed by atoms with Crippen LogP contribution in [0.3, 0.4) is 0 Å². The minimum Gasteiger partial charge on any atom is -0.394 e. The van der Waals surface area contributed by atoms with Gasteiger partial charge in [0.1, 0.15) is 0 Å². The molecular weight excluding hydrogens is 200 g/mol. The summed E-state index contributed by atoms with van der Waals surface area (Å²) in [5, 5.41) is 12.9. The molecule has 0 atom stereocenters. The maximum Gasteiger partial charge on any atom is 0.0613 e. The topological polar surface area (TPSA) is 45.1 Å². The number of hydrogen-bond acceptors (Lipinski definition) is 3. The Balaban J connectivity index is 2.66. The van der Waals surface area contributed by atoms with Crippen LogP contribution in [0.15, 0.2) is 18.3 Å². The molecule has 0 fully saturated rings. The van der Waals surface area contributed by atoms with Crippen LogP contribution in [0.25, 0.3) is 0 Å². The molecule has 90 valence electrons. The van der Waals surface area contributed by atoms with Crippen LogP contribution in [0.2, 0.25) is 0 Å². The smallest absolute Gasteiger partial charge is 0.0613 e. The predicted molar refractivity (Wildman–Crippen MR) is 66.2 cm³/mol. The summed E-state index contributed by atoms with van der Waals surface area (Å²) in [7, 11) is 0. The van der Waals surface area contributed by atoms with Gasteiger partial charge >= 0.3 is 0 Å². The Labute approximate surface area is 97.9 Å². The first-order chi connectivity index (χ1) is 7.67. The Kier molecular flexibility index (Phi) is 4.90. The molecule has 1 aromatic rings. The fourth-order valence-corrected chi connectivity index (χ4v) is 1.77. The fraction of sp³-hybridized carbons (Fsp3) is 0.615. The number of rotatable bonds is 6. The van der Waals surface area contributed by atoms with Gasteiger partial charge in [-0.15, -0.1) is 0 Å². The average Bonchev–Trinajstić information content (AvgIpc) is 2.34. The first-order valence-corrected chi connectivity index (χ1v) is 5.94. The van der Waals surface area contributed by atoms with Crippen molar-refractivity contribution in [1.82, 2.24) is 10.3 Å². The van der Waals surface area contributed by atoms with E-state index >= 15 is 0 Å². The normalized spacial score (nSPS) is 11.8. The van der Waals surface area contributed by atoms with E-state index in [4.69, 9.17) is 0 Å². The summed E-state index contributed by atoms with van der Waals surface area (Å²) in [5.41, 5.74) is 2.10. The Bertz CT molecular complexity index is 313. The van der Waals surface area contributed by atoms with Crippen LogP contribution in [-0.4, -0.2) is 22.2 Å². The maximum absolute atomic E-state index is 9.45. The van der Waals surface area contributed by atoms with Crippen molar-refractivity contribution in [2.45, 2.75) is 45.7 Å². The summed E-state index contributed by atoms with van der Waals surface area (Å²) < 4.78 is 0. The highest BCUT2D eigenvalue weighted by Crippen LogP contribution is 2.15. The van der Waals surface area contributed by atoms with Gasteiger partial charge in [0.05, 0.1) is 6.61 Å². The molecule has 0 saturated heterocycles. The lowest BCUT2D eigenvalue weighted by Crippen LogP contribution is -2.47. The molecule has 1 rings (SSSR count). The number of aliphatic hydroxyl groups is 1. The van der Waals surface area contributed by atoms with Gasteiger partial charge in [0, 0.05) is 24.0 Å². The van der Waals surface area contributed by atoms with E-state index in [1.807, 2.05) is 13.0 Å². The van der Waals surface area contributed by atoms with Crippen LogP contribution in [-0.2, 0) is 6.54 Å². The van der Waals surface area contributed by atoms with Gasteiger partial charge in [0.2, 0.25) is 0 Å². The first-order valence-electron chi connectivity index (χ1n) is 5.94. The standard InChI is InChI=1S/C13H22N2O/c1-4-13(5-2,10-16)15-9-12-7-6-8-14-11(12)3/h6-8,15-16H,4-5,9-10H2,1-3H3. The molecule has 0 aliphatic carbocycles. The van der Waals surface area contributed by atoms with Crippen LogP contribution in [0, 0.1) is 6.92 Å². The van der Waals surface area contributed by atoms with E-state index in [1.54, 1.807) is 6.20 Å². The van der Waals surface area contributed by atoms with E-state index in [0.717, 1.165) is 25.1 Å². The quantitative estimate of drug-likeness (QED) is 0.774. The van der Waals surface area contributed by atoms with E-state index in [2.05, 4.69) is 30.2 Å². The van der Waals surface area contributed by atoms with E-state index in [-0.39, 0.29) is 12.1 Å². The summed E-state index contributed by atoms with van der Waals surface area (Å²) in [6.07, 6.45) is 3.66. The Morgan fingerprint density at radius 3 is 2.56 bits per heavy atom. The first kappa shape index (κ1) is 13.1. The van der Waals surface area contributed by atoms with Crippen LogP contribution >= 0.6 is 0 Å². The number of hydrogen-bond donors (Lipinski definition) is 2. The molecule has 16 heavy (non-hydrogen) atoms. The zero-order valence-electron chi connectivity index (χ0n) is 10.5. The van der Waals surface area contributed by atoms with Gasteiger partial charge in [0.15, 0.2) is 0 Å². The molecule has 1 heterocycles. The molecule has 0 aliphatic heterocycles. The molecule has 0 saturated carbocycles. The molecule has 1 aromatic heterocycles. The lowest BCUT2D eigenvalue weighted by molar-refractivity contribution is 0.149. The maximum atomic E-state index is 9.45. The van der Waals surface area contributed by atoms with Crippen LogP contribution in [0.1, 0.15) is 37.9 Å². The van der Waals surface area contributed by atoms with Gasteiger partial charge in [-0.1, -0.05) is 19.9 Å². The van der Waals surface area contributed by atoms with Crippen LogP contribution in [0.4, 0.5) is 0 Å². The third-order valence-corrected chi connectivity index (χ3v) is 3.43. The van der Waals surface area contributed by atoms with Crippen molar-refractivity contribution in [3.8, 4) is 0 Å². The monoisotopic (exact) mass is 222 g/mol. The van der Waals surface area contributed by atoms with Gasteiger partial charge in [-0.2, -0.15) is 0 Å². The highest BCUT2D eigenvalue weighted by Gasteiger charge is 2.24. The molecule has 0 aromatic carbocycles. The summed E-state index contributed by atoms with van der Waals surface area (Å²) in [6, 6.07) is 4.02. The highest BCUT2D eigenvalue weighted by molar-refractivity contribution is 5.18. The number of pyridine rings is 1. The zero-order valence-corrected chi connectivity index (χ0v) is 10.5. The molecule has 0 unspecified atom stereocenters. The molecule has 0 amide bonds. The molecule has 3 heteroatoms. The van der Waals surface area contributed by atoms with Crippen LogP contribution < -0.4 is 5.32 Å². The van der Waals surface area contributed by atoms with Crippen molar-refractivity contribution in [1.29, 1.82) is 0 Å². The van der Waals surface area contributed by atoms with E-state index in [0.29, 0.717) is 0 Å².